The summed E-state index contributed by atoms with van der Waals surface area (Å²) in [6, 6.07) is 3.68. The normalized spacial score (nSPS) is 21.7. The number of anilines is 2. The maximum Gasteiger partial charge on any atom is 0.348 e. The van der Waals surface area contributed by atoms with Crippen LogP contribution in [0.15, 0.2) is 18.5 Å². The van der Waals surface area contributed by atoms with Crippen LogP contribution in [0.2, 0.25) is 0 Å². The van der Waals surface area contributed by atoms with Crippen LogP contribution in [0, 0.1) is 23.2 Å². The summed E-state index contributed by atoms with van der Waals surface area (Å²) in [4.78, 5) is 40.3. The molecule has 1 amide bonds. The van der Waals surface area contributed by atoms with Gasteiger partial charge in [-0.05, 0) is 78.2 Å². The Bertz CT molecular complexity index is 1290. The van der Waals surface area contributed by atoms with Gasteiger partial charge in [-0.15, -0.1) is 11.3 Å². The fourth-order valence-electron chi connectivity index (χ4n) is 6.17. The number of ether oxygens (including phenoxy) is 1. The van der Waals surface area contributed by atoms with Crippen LogP contribution in [0.3, 0.4) is 0 Å². The second-order valence-corrected chi connectivity index (χ2v) is 13.7. The van der Waals surface area contributed by atoms with Crippen molar-refractivity contribution in [3.63, 3.8) is 0 Å². The van der Waals surface area contributed by atoms with Crippen molar-refractivity contribution in [3.8, 4) is 17.7 Å². The van der Waals surface area contributed by atoms with E-state index in [2.05, 4.69) is 26.7 Å². The van der Waals surface area contributed by atoms with Gasteiger partial charge in [0, 0.05) is 36.5 Å². The lowest BCUT2D eigenvalue weighted by Crippen LogP contribution is -2.47. The first kappa shape index (κ1) is 29.4. The highest BCUT2D eigenvalue weighted by Gasteiger charge is 2.37. The van der Waals surface area contributed by atoms with Gasteiger partial charge >= 0.3 is 5.97 Å². The molecule has 2 aliphatic carbocycles. The quantitative estimate of drug-likeness (QED) is 0.373. The third kappa shape index (κ3) is 7.40. The first-order valence-corrected chi connectivity index (χ1v) is 16.0. The van der Waals surface area contributed by atoms with E-state index in [0.29, 0.717) is 16.4 Å². The van der Waals surface area contributed by atoms with Crippen molar-refractivity contribution in [2.24, 2.45) is 11.3 Å². The zero-order chi connectivity index (χ0) is 29.0. The molecule has 0 radical (unpaired) electrons. The Labute approximate surface area is 247 Å². The molecule has 2 aromatic heterocycles. The molecular formula is C32H42N4O4S. The minimum absolute atomic E-state index is 0.00570. The number of rotatable bonds is 7. The van der Waals surface area contributed by atoms with Crippen LogP contribution in [-0.4, -0.2) is 52.2 Å². The summed E-state index contributed by atoms with van der Waals surface area (Å²) in [7, 11) is 0. The molecule has 1 aliphatic heterocycles. The number of aromatic carboxylic acids is 1. The highest BCUT2D eigenvalue weighted by Crippen LogP contribution is 2.38. The molecule has 1 N–H and O–H groups in total. The highest BCUT2D eigenvalue weighted by atomic mass is 32.1. The lowest BCUT2D eigenvalue weighted by Gasteiger charge is -2.39. The molecule has 3 fully saturated rings. The number of amides is 1. The van der Waals surface area contributed by atoms with Crippen LogP contribution in [-0.2, 0) is 4.79 Å². The number of thiophene rings is 1. The summed E-state index contributed by atoms with van der Waals surface area (Å²) in [6.07, 6.45) is 11.9. The van der Waals surface area contributed by atoms with Crippen molar-refractivity contribution in [2.45, 2.75) is 104 Å². The molecule has 0 unspecified atom stereocenters. The van der Waals surface area contributed by atoms with E-state index in [1.165, 1.54) is 24.2 Å². The molecule has 9 heteroatoms. The summed E-state index contributed by atoms with van der Waals surface area (Å²) < 4.78 is 6.30. The number of carbonyl (C=O) groups excluding carboxylic acids is 1. The van der Waals surface area contributed by atoms with Crippen LogP contribution in [0.5, 0.6) is 5.88 Å². The van der Waals surface area contributed by atoms with Crippen molar-refractivity contribution in [3.05, 3.63) is 28.2 Å². The molecule has 41 heavy (non-hydrogen) atoms. The van der Waals surface area contributed by atoms with E-state index in [1.807, 2.05) is 37.8 Å². The number of hydrogen-bond donors (Lipinski definition) is 1. The third-order valence-corrected chi connectivity index (χ3v) is 9.30. The molecule has 3 heterocycles. The van der Waals surface area contributed by atoms with Gasteiger partial charge in [0.05, 0.1) is 10.6 Å². The minimum atomic E-state index is -1.01. The topological polar surface area (TPSA) is 95.9 Å². The number of carboxylic acid groups (broad SMARTS) is 1. The van der Waals surface area contributed by atoms with Gasteiger partial charge in [0.2, 0.25) is 11.8 Å². The van der Waals surface area contributed by atoms with Gasteiger partial charge < -0.3 is 19.6 Å². The molecule has 1 saturated heterocycles. The van der Waals surface area contributed by atoms with Gasteiger partial charge in [0.25, 0.3) is 0 Å². The van der Waals surface area contributed by atoms with Crippen molar-refractivity contribution in [1.82, 2.24) is 9.97 Å². The summed E-state index contributed by atoms with van der Waals surface area (Å²) in [6.45, 7) is 8.11. The Morgan fingerprint density at radius 1 is 1.00 bits per heavy atom. The highest BCUT2D eigenvalue weighted by molar-refractivity contribution is 7.15. The second kappa shape index (κ2) is 12.8. The number of carbonyl (C=O) groups is 2. The maximum absolute atomic E-state index is 14.1. The zero-order valence-electron chi connectivity index (χ0n) is 24.5. The van der Waals surface area contributed by atoms with Crippen LogP contribution >= 0.6 is 11.3 Å². The Morgan fingerprint density at radius 3 is 2.37 bits per heavy atom. The molecule has 0 atom stereocenters. The Morgan fingerprint density at radius 2 is 1.71 bits per heavy atom. The molecule has 3 aliphatic rings. The van der Waals surface area contributed by atoms with Gasteiger partial charge in [-0.2, -0.15) is 0 Å². The minimum Gasteiger partial charge on any atom is -0.477 e. The maximum atomic E-state index is 14.1. The summed E-state index contributed by atoms with van der Waals surface area (Å²) in [5.74, 6) is 6.88. The number of carboxylic acids is 1. The van der Waals surface area contributed by atoms with Gasteiger partial charge in [0.15, 0.2) is 0 Å². The van der Waals surface area contributed by atoms with Crippen molar-refractivity contribution < 1.29 is 19.4 Å². The van der Waals surface area contributed by atoms with E-state index >= 15 is 0 Å². The third-order valence-electron chi connectivity index (χ3n) is 8.27. The van der Waals surface area contributed by atoms with Crippen LogP contribution in [0.4, 0.5) is 11.5 Å². The smallest absolute Gasteiger partial charge is 0.348 e. The molecule has 5 rings (SSSR count). The summed E-state index contributed by atoms with van der Waals surface area (Å²) in [5, 5.41) is 10.1. The van der Waals surface area contributed by atoms with E-state index in [1.54, 1.807) is 6.33 Å². The fourth-order valence-corrected chi connectivity index (χ4v) is 7.01. The Hall–Kier alpha value is -3.12. The lowest BCUT2D eigenvalue weighted by molar-refractivity contribution is -0.124. The molecule has 2 aromatic rings. The molecule has 8 nitrogen and oxygen atoms in total. The first-order chi connectivity index (χ1) is 19.7. The van der Waals surface area contributed by atoms with Gasteiger partial charge in [-0.3, -0.25) is 4.79 Å². The fraction of sp³-hybridized carbons (Fsp3) is 0.625. The van der Waals surface area contributed by atoms with Crippen LogP contribution < -0.4 is 14.5 Å². The molecule has 220 valence electrons. The van der Waals surface area contributed by atoms with E-state index < -0.39 is 5.97 Å². The number of aromatic nitrogens is 2. The van der Waals surface area contributed by atoms with Crippen molar-refractivity contribution >= 4 is 34.7 Å². The van der Waals surface area contributed by atoms with Crippen LogP contribution in [0.25, 0.3) is 0 Å². The van der Waals surface area contributed by atoms with Gasteiger partial charge in [0.1, 0.15) is 23.1 Å². The largest absolute Gasteiger partial charge is 0.477 e. The number of hydrogen-bond acceptors (Lipinski definition) is 7. The average Bonchev–Trinajstić information content (AvgIpc) is 3.64. The van der Waals surface area contributed by atoms with Crippen molar-refractivity contribution in [1.29, 1.82) is 0 Å². The monoisotopic (exact) mass is 578 g/mol. The summed E-state index contributed by atoms with van der Waals surface area (Å²) >= 11 is 1.17. The zero-order valence-corrected chi connectivity index (χ0v) is 25.3. The Balaban J connectivity index is 1.35. The number of nitrogens with zero attached hydrogens (tertiary/aromatic N) is 4. The molecule has 0 bridgehead atoms. The van der Waals surface area contributed by atoms with E-state index in [9.17, 15) is 14.7 Å². The van der Waals surface area contributed by atoms with Gasteiger partial charge in [-0.25, -0.2) is 14.8 Å². The SMILES string of the molecule is CC(C)(C)C#Cc1cc(N(C(=O)C2CCCCC2)C2CCC(Oc3cc(N4CCCC4)ncn3)CC2)c(C(=O)O)s1. The lowest BCUT2D eigenvalue weighted by atomic mass is 9.86. The molecule has 0 aromatic carbocycles. The van der Waals surface area contributed by atoms with Crippen LogP contribution in [0.1, 0.15) is 106 Å². The Kier molecular flexibility index (Phi) is 9.18. The second-order valence-electron chi connectivity index (χ2n) is 12.6. The average molecular weight is 579 g/mol. The van der Waals surface area contributed by atoms with E-state index in [4.69, 9.17) is 4.74 Å². The standard InChI is InChI=1S/C32H42N4O4S/c1-32(2,3)16-15-25-19-26(29(41-25)31(38)39)36(30(37)22-9-5-4-6-10-22)23-11-13-24(14-12-23)40-28-20-27(33-21-34-28)35-17-7-8-18-35/h19-24H,4-14,17-18H2,1-3H3,(H,38,39). The molecule has 0 spiro atoms. The first-order valence-electron chi connectivity index (χ1n) is 15.1. The summed E-state index contributed by atoms with van der Waals surface area (Å²) in [5.41, 5.74) is 0.300. The molecule has 2 saturated carbocycles. The predicted octanol–water partition coefficient (Wildman–Crippen LogP) is 6.54. The predicted molar refractivity (Wildman–Crippen MR) is 162 cm³/mol. The van der Waals surface area contributed by atoms with Gasteiger partial charge in [-0.1, -0.05) is 31.1 Å². The van der Waals surface area contributed by atoms with E-state index in [0.717, 1.165) is 76.7 Å². The van der Waals surface area contributed by atoms with E-state index in [-0.39, 0.29) is 34.3 Å². The molecular weight excluding hydrogens is 536 g/mol. The van der Waals surface area contributed by atoms with Crippen molar-refractivity contribution in [2.75, 3.05) is 22.9 Å².